The van der Waals surface area contributed by atoms with Crippen molar-refractivity contribution >= 4 is 21.6 Å². The van der Waals surface area contributed by atoms with Gasteiger partial charge in [-0.3, -0.25) is 14.7 Å². The van der Waals surface area contributed by atoms with Crippen LogP contribution >= 0.6 is 15.9 Å². The fraction of sp³-hybridized carbons (Fsp3) is 0.286. The predicted octanol–water partition coefficient (Wildman–Crippen LogP) is 2.13. The van der Waals surface area contributed by atoms with E-state index in [1.54, 1.807) is 12.1 Å². The summed E-state index contributed by atoms with van der Waals surface area (Å²) in [5, 5.41) is 2.62. The van der Waals surface area contributed by atoms with E-state index in [-0.39, 0.29) is 11.1 Å². The Bertz CT molecular complexity index is 700. The first-order chi connectivity index (χ1) is 9.56. The van der Waals surface area contributed by atoms with Gasteiger partial charge in [0.25, 0.3) is 11.1 Å². The molecule has 1 N–H and O–H groups in total. The first-order valence-electron chi connectivity index (χ1n) is 6.44. The number of H-pyrrole nitrogens is 1. The number of benzene rings is 1. The molecule has 0 saturated carbocycles. The fourth-order valence-electron chi connectivity index (χ4n) is 2.04. The van der Waals surface area contributed by atoms with E-state index in [9.17, 15) is 9.59 Å². The van der Waals surface area contributed by atoms with Gasteiger partial charge in [-0.15, -0.1) is 0 Å². The lowest BCUT2D eigenvalue weighted by atomic mass is 10.3. The van der Waals surface area contributed by atoms with Gasteiger partial charge in [-0.1, -0.05) is 15.9 Å². The number of nitrogens with one attached hydrogen (secondary N) is 1. The standard InChI is InChI=1S/C14H16BrN3O2/c1-3-17(4-2)12-9-13(19)18(16-14(12)20)11-7-5-10(15)6-8-11/h5-9H,3-4H2,1-2H3,(H,16,20). The molecule has 0 aliphatic heterocycles. The molecule has 1 heterocycles. The maximum Gasteiger partial charge on any atom is 0.286 e. The van der Waals surface area contributed by atoms with Gasteiger partial charge in [0.2, 0.25) is 0 Å². The van der Waals surface area contributed by atoms with Crippen LogP contribution in [0.4, 0.5) is 5.69 Å². The van der Waals surface area contributed by atoms with Crippen molar-refractivity contribution in [3.05, 3.63) is 55.5 Å². The van der Waals surface area contributed by atoms with Gasteiger partial charge in [-0.25, -0.2) is 4.68 Å². The molecule has 2 rings (SSSR count). The molecule has 0 radical (unpaired) electrons. The van der Waals surface area contributed by atoms with Crippen molar-refractivity contribution < 1.29 is 0 Å². The Balaban J connectivity index is 2.53. The van der Waals surface area contributed by atoms with Crippen molar-refractivity contribution in [1.82, 2.24) is 9.78 Å². The highest BCUT2D eigenvalue weighted by Gasteiger charge is 2.10. The quantitative estimate of drug-likeness (QED) is 0.929. The average molecular weight is 338 g/mol. The highest BCUT2D eigenvalue weighted by atomic mass is 79.9. The predicted molar refractivity (Wildman–Crippen MR) is 83.9 cm³/mol. The third kappa shape index (κ3) is 2.85. The molecular formula is C14H16BrN3O2. The SMILES string of the molecule is CCN(CC)c1cc(=O)n(-c2ccc(Br)cc2)[nH]c1=O. The first kappa shape index (κ1) is 14.6. The summed E-state index contributed by atoms with van der Waals surface area (Å²) in [7, 11) is 0. The molecule has 0 fully saturated rings. The molecule has 0 bridgehead atoms. The molecule has 0 atom stereocenters. The number of anilines is 1. The normalized spacial score (nSPS) is 10.6. The van der Waals surface area contributed by atoms with Gasteiger partial charge in [-0.2, -0.15) is 0 Å². The fourth-order valence-corrected chi connectivity index (χ4v) is 2.31. The first-order valence-corrected chi connectivity index (χ1v) is 7.23. The summed E-state index contributed by atoms with van der Waals surface area (Å²) in [5.41, 5.74) is 0.514. The van der Waals surface area contributed by atoms with Crippen LogP contribution in [0, 0.1) is 0 Å². The summed E-state index contributed by atoms with van der Waals surface area (Å²) < 4.78 is 2.17. The monoisotopic (exact) mass is 337 g/mol. The van der Waals surface area contributed by atoms with Crippen LogP contribution in [-0.4, -0.2) is 22.9 Å². The van der Waals surface area contributed by atoms with Crippen molar-refractivity contribution in [1.29, 1.82) is 0 Å². The van der Waals surface area contributed by atoms with E-state index in [1.165, 1.54) is 10.7 Å². The lowest BCUT2D eigenvalue weighted by molar-refractivity contribution is 0.765. The van der Waals surface area contributed by atoms with E-state index >= 15 is 0 Å². The maximum atomic E-state index is 12.2. The number of nitrogens with zero attached hydrogens (tertiary/aromatic N) is 2. The highest BCUT2D eigenvalue weighted by Crippen LogP contribution is 2.12. The van der Waals surface area contributed by atoms with Gasteiger partial charge in [0.05, 0.1) is 5.69 Å². The Kier molecular flexibility index (Phi) is 4.44. The summed E-state index contributed by atoms with van der Waals surface area (Å²) >= 11 is 3.33. The summed E-state index contributed by atoms with van der Waals surface area (Å²) in [6, 6.07) is 8.54. The van der Waals surface area contributed by atoms with Gasteiger partial charge in [0.15, 0.2) is 0 Å². The highest BCUT2D eigenvalue weighted by molar-refractivity contribution is 9.10. The number of aromatic amines is 1. The van der Waals surface area contributed by atoms with E-state index in [1.807, 2.05) is 30.9 Å². The molecule has 0 unspecified atom stereocenters. The maximum absolute atomic E-state index is 12.2. The van der Waals surface area contributed by atoms with Gasteiger partial charge in [0, 0.05) is 23.6 Å². The Morgan fingerprint density at radius 2 is 1.75 bits per heavy atom. The Labute approximate surface area is 125 Å². The van der Waals surface area contributed by atoms with Crippen molar-refractivity contribution in [3.8, 4) is 5.69 Å². The molecule has 1 aromatic heterocycles. The van der Waals surface area contributed by atoms with Crippen LogP contribution < -0.4 is 16.0 Å². The molecule has 0 aliphatic rings. The lowest BCUT2D eigenvalue weighted by Crippen LogP contribution is -2.35. The molecule has 20 heavy (non-hydrogen) atoms. The number of aromatic nitrogens is 2. The van der Waals surface area contributed by atoms with Crippen LogP contribution in [0.15, 0.2) is 44.4 Å². The minimum atomic E-state index is -0.267. The Hall–Kier alpha value is -1.82. The molecule has 0 saturated heterocycles. The molecule has 2 aromatic rings. The van der Waals surface area contributed by atoms with E-state index < -0.39 is 0 Å². The third-order valence-electron chi connectivity index (χ3n) is 3.12. The number of hydrogen-bond acceptors (Lipinski definition) is 3. The summed E-state index contributed by atoms with van der Waals surface area (Å²) in [4.78, 5) is 26.1. The van der Waals surface area contributed by atoms with E-state index in [0.29, 0.717) is 24.5 Å². The minimum absolute atomic E-state index is 0.256. The number of rotatable bonds is 4. The second-order valence-electron chi connectivity index (χ2n) is 4.29. The van der Waals surface area contributed by atoms with Crippen LogP contribution in [0.25, 0.3) is 5.69 Å². The van der Waals surface area contributed by atoms with Gasteiger partial charge in [-0.05, 0) is 38.1 Å². The van der Waals surface area contributed by atoms with Crippen LogP contribution in [0.1, 0.15) is 13.8 Å². The molecule has 0 amide bonds. The van der Waals surface area contributed by atoms with Crippen LogP contribution in [0.2, 0.25) is 0 Å². The van der Waals surface area contributed by atoms with Crippen LogP contribution in [0.5, 0.6) is 0 Å². The lowest BCUT2D eigenvalue weighted by Gasteiger charge is -2.19. The topological polar surface area (TPSA) is 58.1 Å². The molecule has 1 aromatic carbocycles. The average Bonchev–Trinajstić information content (AvgIpc) is 2.44. The van der Waals surface area contributed by atoms with Gasteiger partial charge < -0.3 is 4.90 Å². The largest absolute Gasteiger partial charge is 0.367 e. The molecule has 6 heteroatoms. The zero-order chi connectivity index (χ0) is 14.7. The minimum Gasteiger partial charge on any atom is -0.367 e. The second-order valence-corrected chi connectivity index (χ2v) is 5.21. The molecule has 106 valence electrons. The summed E-state index contributed by atoms with van der Waals surface area (Å²) in [5.74, 6) is 0. The zero-order valence-corrected chi connectivity index (χ0v) is 13.0. The second kappa shape index (κ2) is 6.09. The van der Waals surface area contributed by atoms with Gasteiger partial charge >= 0.3 is 0 Å². The summed E-state index contributed by atoms with van der Waals surface area (Å²) in [6.07, 6.45) is 0. The molecular weight excluding hydrogens is 322 g/mol. The zero-order valence-electron chi connectivity index (χ0n) is 11.4. The molecule has 0 spiro atoms. The Morgan fingerprint density at radius 3 is 2.30 bits per heavy atom. The number of halogens is 1. The third-order valence-corrected chi connectivity index (χ3v) is 3.64. The molecule has 5 nitrogen and oxygen atoms in total. The smallest absolute Gasteiger partial charge is 0.286 e. The van der Waals surface area contributed by atoms with Gasteiger partial charge in [0.1, 0.15) is 5.69 Å². The van der Waals surface area contributed by atoms with Crippen molar-refractivity contribution in [2.75, 3.05) is 18.0 Å². The van der Waals surface area contributed by atoms with Crippen LogP contribution in [-0.2, 0) is 0 Å². The van der Waals surface area contributed by atoms with Crippen molar-refractivity contribution in [2.45, 2.75) is 13.8 Å². The van der Waals surface area contributed by atoms with E-state index in [0.717, 1.165) is 4.47 Å². The van der Waals surface area contributed by atoms with Crippen molar-refractivity contribution in [2.24, 2.45) is 0 Å². The summed E-state index contributed by atoms with van der Waals surface area (Å²) in [6.45, 7) is 5.26. The van der Waals surface area contributed by atoms with Crippen LogP contribution in [0.3, 0.4) is 0 Å². The van der Waals surface area contributed by atoms with Crippen molar-refractivity contribution in [3.63, 3.8) is 0 Å². The molecule has 0 aliphatic carbocycles. The van der Waals surface area contributed by atoms with E-state index in [2.05, 4.69) is 21.0 Å². The Morgan fingerprint density at radius 1 is 1.15 bits per heavy atom. The number of hydrogen-bond donors (Lipinski definition) is 1. The van der Waals surface area contributed by atoms with E-state index in [4.69, 9.17) is 0 Å².